The van der Waals surface area contributed by atoms with E-state index in [1.54, 1.807) is 13.0 Å². The molecule has 80 valence electrons. The van der Waals surface area contributed by atoms with Crippen molar-refractivity contribution in [1.29, 1.82) is 0 Å². The molecule has 0 spiro atoms. The molecule has 1 fully saturated rings. The minimum Gasteiger partial charge on any atom is -0.317 e. The molecule has 1 aromatic carbocycles. The van der Waals surface area contributed by atoms with E-state index in [0.717, 1.165) is 5.56 Å². The van der Waals surface area contributed by atoms with Gasteiger partial charge in [0.05, 0.1) is 0 Å². The van der Waals surface area contributed by atoms with Crippen molar-refractivity contribution < 1.29 is 8.78 Å². The second kappa shape index (κ2) is 3.14. The molecular formula is C12H13F2N. The van der Waals surface area contributed by atoms with Crippen LogP contribution in [0.5, 0.6) is 0 Å². The number of hydrogen-bond acceptors (Lipinski definition) is 1. The highest BCUT2D eigenvalue weighted by molar-refractivity contribution is 5.57. The van der Waals surface area contributed by atoms with E-state index in [1.165, 1.54) is 0 Å². The van der Waals surface area contributed by atoms with Gasteiger partial charge in [-0.25, -0.2) is 8.78 Å². The van der Waals surface area contributed by atoms with Crippen molar-refractivity contribution in [1.82, 2.24) is 0 Å². The molecule has 1 atom stereocenters. The second-order valence-electron chi connectivity index (χ2n) is 4.09. The second-order valence-corrected chi connectivity index (χ2v) is 4.09. The summed E-state index contributed by atoms with van der Waals surface area (Å²) in [7, 11) is 0. The zero-order chi connectivity index (χ0) is 11.1. The molecule has 3 heteroatoms. The summed E-state index contributed by atoms with van der Waals surface area (Å²) in [6, 6.07) is 9.36. The fourth-order valence-electron chi connectivity index (χ4n) is 1.66. The van der Waals surface area contributed by atoms with Crippen LogP contribution in [-0.4, -0.2) is 11.5 Å². The van der Waals surface area contributed by atoms with Crippen molar-refractivity contribution in [2.75, 3.05) is 0 Å². The molecule has 2 N–H and O–H groups in total. The van der Waals surface area contributed by atoms with E-state index >= 15 is 0 Å². The van der Waals surface area contributed by atoms with Crippen LogP contribution >= 0.6 is 0 Å². The van der Waals surface area contributed by atoms with Gasteiger partial charge in [-0.15, -0.1) is 0 Å². The lowest BCUT2D eigenvalue weighted by Gasteiger charge is -2.10. The Balaban J connectivity index is 2.23. The summed E-state index contributed by atoms with van der Waals surface area (Å²) < 4.78 is 25.9. The van der Waals surface area contributed by atoms with Gasteiger partial charge in [0.1, 0.15) is 5.54 Å². The molecule has 0 radical (unpaired) electrons. The predicted octanol–water partition coefficient (Wildman–Crippen LogP) is 2.83. The summed E-state index contributed by atoms with van der Waals surface area (Å²) in [6.45, 7) is 1.66. The van der Waals surface area contributed by atoms with Gasteiger partial charge in [-0.2, -0.15) is 0 Å². The molecule has 1 aliphatic rings. The summed E-state index contributed by atoms with van der Waals surface area (Å²) in [4.78, 5) is 0. The Morgan fingerprint density at radius 3 is 2.33 bits per heavy atom. The first-order chi connectivity index (χ1) is 6.96. The fraction of sp³-hybridized carbons (Fsp3) is 0.333. The van der Waals surface area contributed by atoms with Crippen LogP contribution in [0.1, 0.15) is 18.9 Å². The average molecular weight is 209 g/mol. The molecule has 0 aromatic heterocycles. The zero-order valence-corrected chi connectivity index (χ0v) is 8.50. The first-order valence-electron chi connectivity index (χ1n) is 4.86. The van der Waals surface area contributed by atoms with Crippen LogP contribution in [0.2, 0.25) is 0 Å². The lowest BCUT2D eigenvalue weighted by atomic mass is 10.0. The van der Waals surface area contributed by atoms with E-state index in [2.05, 4.69) is 0 Å². The molecule has 1 unspecified atom stereocenters. The molecule has 1 saturated carbocycles. The highest BCUT2D eigenvalue weighted by atomic mass is 19.3. The Morgan fingerprint density at radius 1 is 1.33 bits per heavy atom. The van der Waals surface area contributed by atoms with E-state index in [1.807, 2.05) is 30.3 Å². The summed E-state index contributed by atoms with van der Waals surface area (Å²) in [6.07, 6.45) is 1.48. The quantitative estimate of drug-likeness (QED) is 0.796. The SMILES string of the molecule is C/C(=C/c1ccccc1)C1(N)CC1(F)F. The van der Waals surface area contributed by atoms with Crippen molar-refractivity contribution in [3.63, 3.8) is 0 Å². The van der Waals surface area contributed by atoms with Gasteiger partial charge in [-0.1, -0.05) is 36.4 Å². The standard InChI is InChI=1S/C12H13F2N/c1-9(11(15)8-12(11,13)14)7-10-5-3-2-4-6-10/h2-7H,8,15H2,1H3/b9-7-. The van der Waals surface area contributed by atoms with Crippen molar-refractivity contribution >= 4 is 6.08 Å². The van der Waals surface area contributed by atoms with E-state index in [0.29, 0.717) is 5.57 Å². The minimum atomic E-state index is -2.73. The monoisotopic (exact) mass is 209 g/mol. The molecule has 0 saturated heterocycles. The van der Waals surface area contributed by atoms with E-state index in [-0.39, 0.29) is 6.42 Å². The van der Waals surface area contributed by atoms with Crippen molar-refractivity contribution in [2.24, 2.45) is 5.73 Å². The van der Waals surface area contributed by atoms with Crippen LogP contribution in [0.25, 0.3) is 6.08 Å². The predicted molar refractivity (Wildman–Crippen MR) is 56.6 cm³/mol. The van der Waals surface area contributed by atoms with Gasteiger partial charge in [0, 0.05) is 6.42 Å². The zero-order valence-electron chi connectivity index (χ0n) is 8.50. The van der Waals surface area contributed by atoms with Gasteiger partial charge in [-0.05, 0) is 18.1 Å². The number of benzene rings is 1. The van der Waals surface area contributed by atoms with Crippen LogP contribution < -0.4 is 5.73 Å². The van der Waals surface area contributed by atoms with Gasteiger partial charge in [0.15, 0.2) is 0 Å². The Kier molecular flexibility index (Phi) is 2.15. The molecule has 0 amide bonds. The Bertz CT molecular complexity index is 397. The number of rotatable bonds is 2. The van der Waals surface area contributed by atoms with Crippen LogP contribution in [0.3, 0.4) is 0 Å². The first kappa shape index (κ1) is 10.3. The molecule has 0 bridgehead atoms. The molecule has 1 nitrogen and oxygen atoms in total. The number of nitrogens with two attached hydrogens (primary N) is 1. The smallest absolute Gasteiger partial charge is 0.272 e. The van der Waals surface area contributed by atoms with Crippen molar-refractivity contribution in [2.45, 2.75) is 24.8 Å². The topological polar surface area (TPSA) is 26.0 Å². The Morgan fingerprint density at radius 2 is 1.87 bits per heavy atom. The molecule has 0 aliphatic heterocycles. The van der Waals surface area contributed by atoms with E-state index < -0.39 is 11.5 Å². The van der Waals surface area contributed by atoms with Gasteiger partial charge >= 0.3 is 0 Å². The highest BCUT2D eigenvalue weighted by Crippen LogP contribution is 2.55. The number of hydrogen-bond donors (Lipinski definition) is 1. The first-order valence-corrected chi connectivity index (χ1v) is 4.86. The van der Waals surface area contributed by atoms with Gasteiger partial charge in [0.2, 0.25) is 0 Å². The molecular weight excluding hydrogens is 196 g/mol. The lowest BCUT2D eigenvalue weighted by Crippen LogP contribution is -2.31. The molecule has 15 heavy (non-hydrogen) atoms. The van der Waals surface area contributed by atoms with E-state index in [9.17, 15) is 8.78 Å². The molecule has 0 heterocycles. The van der Waals surface area contributed by atoms with Gasteiger partial charge in [-0.3, -0.25) is 0 Å². The molecule has 1 aromatic rings. The maximum absolute atomic E-state index is 13.0. The Hall–Kier alpha value is -1.22. The summed E-state index contributed by atoms with van der Waals surface area (Å²) in [5.74, 6) is -2.73. The van der Waals surface area contributed by atoms with Gasteiger partial charge < -0.3 is 5.73 Å². The number of alkyl halides is 2. The molecule has 2 rings (SSSR count). The molecule has 1 aliphatic carbocycles. The summed E-state index contributed by atoms with van der Waals surface area (Å²) in [5.41, 5.74) is 5.63. The van der Waals surface area contributed by atoms with Crippen LogP contribution in [0.15, 0.2) is 35.9 Å². The summed E-state index contributed by atoms with van der Waals surface area (Å²) in [5, 5.41) is 0. The maximum atomic E-state index is 13.0. The lowest BCUT2D eigenvalue weighted by molar-refractivity contribution is 0.0975. The number of halogens is 2. The van der Waals surface area contributed by atoms with Crippen molar-refractivity contribution in [3.05, 3.63) is 41.5 Å². The maximum Gasteiger partial charge on any atom is 0.272 e. The third-order valence-electron chi connectivity index (χ3n) is 2.91. The highest BCUT2D eigenvalue weighted by Gasteiger charge is 2.69. The van der Waals surface area contributed by atoms with Gasteiger partial charge in [0.25, 0.3) is 5.92 Å². The fourth-order valence-corrected chi connectivity index (χ4v) is 1.66. The van der Waals surface area contributed by atoms with Crippen molar-refractivity contribution in [3.8, 4) is 0 Å². The largest absolute Gasteiger partial charge is 0.317 e. The third kappa shape index (κ3) is 1.67. The van der Waals surface area contributed by atoms with Crippen LogP contribution in [0.4, 0.5) is 8.78 Å². The Labute approximate surface area is 87.6 Å². The van der Waals surface area contributed by atoms with E-state index in [4.69, 9.17) is 5.73 Å². The van der Waals surface area contributed by atoms with Crippen LogP contribution in [0, 0.1) is 0 Å². The summed E-state index contributed by atoms with van der Waals surface area (Å²) >= 11 is 0. The average Bonchev–Trinajstić information content (AvgIpc) is 2.69. The normalized spacial score (nSPS) is 28.9. The minimum absolute atomic E-state index is 0.241. The third-order valence-corrected chi connectivity index (χ3v) is 2.91. The van der Waals surface area contributed by atoms with Crippen LogP contribution in [-0.2, 0) is 0 Å².